The van der Waals surface area contributed by atoms with E-state index in [9.17, 15) is 4.79 Å². The van der Waals surface area contributed by atoms with Gasteiger partial charge in [-0.1, -0.05) is 0 Å². The van der Waals surface area contributed by atoms with Crippen LogP contribution in [0, 0.1) is 0 Å². The predicted octanol–water partition coefficient (Wildman–Crippen LogP) is 0.635. The largest absolute Gasteiger partial charge is 0.493 e. The average Bonchev–Trinajstić information content (AvgIpc) is 2.47. The zero-order valence-corrected chi connectivity index (χ0v) is 12.1. The van der Waals surface area contributed by atoms with E-state index in [-0.39, 0.29) is 12.5 Å². The maximum atomic E-state index is 12.1. The molecule has 3 N–H and O–H groups in total. The third-order valence-electron chi connectivity index (χ3n) is 2.76. The average molecular weight is 284 g/mol. The SMILES string of the molecule is COc1cc(N)c(C(=O)NCC(OC)OC)cc1OC. The van der Waals surface area contributed by atoms with E-state index in [0.717, 1.165) is 0 Å². The van der Waals surface area contributed by atoms with Crippen molar-refractivity contribution in [1.29, 1.82) is 0 Å². The van der Waals surface area contributed by atoms with Crippen molar-refractivity contribution >= 4 is 11.6 Å². The minimum atomic E-state index is -0.514. The summed E-state index contributed by atoms with van der Waals surface area (Å²) >= 11 is 0. The van der Waals surface area contributed by atoms with E-state index in [2.05, 4.69) is 5.32 Å². The van der Waals surface area contributed by atoms with Crippen LogP contribution >= 0.6 is 0 Å². The van der Waals surface area contributed by atoms with Crippen LogP contribution in [-0.4, -0.2) is 47.2 Å². The van der Waals surface area contributed by atoms with E-state index in [0.29, 0.717) is 22.7 Å². The molecule has 0 spiro atoms. The van der Waals surface area contributed by atoms with Gasteiger partial charge in [0, 0.05) is 26.0 Å². The van der Waals surface area contributed by atoms with Crippen LogP contribution in [-0.2, 0) is 9.47 Å². The standard InChI is InChI=1S/C13H20N2O5/c1-17-10-5-8(9(14)6-11(10)18-2)13(16)15-7-12(19-3)20-4/h5-6,12H,7,14H2,1-4H3,(H,15,16). The highest BCUT2D eigenvalue weighted by Crippen LogP contribution is 2.31. The number of nitrogens with two attached hydrogens (primary N) is 1. The second-order valence-electron chi connectivity index (χ2n) is 3.91. The first-order valence-corrected chi connectivity index (χ1v) is 5.92. The smallest absolute Gasteiger partial charge is 0.253 e. The van der Waals surface area contributed by atoms with Gasteiger partial charge in [-0.05, 0) is 6.07 Å². The lowest BCUT2D eigenvalue weighted by atomic mass is 10.1. The van der Waals surface area contributed by atoms with Gasteiger partial charge < -0.3 is 30.0 Å². The molecular formula is C13H20N2O5. The van der Waals surface area contributed by atoms with Crippen molar-refractivity contribution in [2.24, 2.45) is 0 Å². The molecule has 1 aromatic rings. The molecule has 1 amide bonds. The number of nitrogens with one attached hydrogen (secondary N) is 1. The molecular weight excluding hydrogens is 264 g/mol. The molecule has 0 radical (unpaired) electrons. The number of nitrogen functional groups attached to an aromatic ring is 1. The predicted molar refractivity (Wildman–Crippen MR) is 74.1 cm³/mol. The Morgan fingerprint density at radius 2 is 1.70 bits per heavy atom. The minimum Gasteiger partial charge on any atom is -0.493 e. The lowest BCUT2D eigenvalue weighted by Gasteiger charge is -2.15. The number of anilines is 1. The third-order valence-corrected chi connectivity index (χ3v) is 2.76. The highest BCUT2D eigenvalue weighted by Gasteiger charge is 2.16. The molecule has 7 nitrogen and oxygen atoms in total. The Morgan fingerprint density at radius 1 is 1.15 bits per heavy atom. The monoisotopic (exact) mass is 284 g/mol. The lowest BCUT2D eigenvalue weighted by molar-refractivity contribution is -0.0974. The van der Waals surface area contributed by atoms with Gasteiger partial charge in [0.2, 0.25) is 0 Å². The first kappa shape index (κ1) is 16.1. The second kappa shape index (κ2) is 7.56. The highest BCUT2D eigenvalue weighted by atomic mass is 16.7. The summed E-state index contributed by atoms with van der Waals surface area (Å²) in [5.41, 5.74) is 6.43. The van der Waals surface area contributed by atoms with Gasteiger partial charge in [0.15, 0.2) is 17.8 Å². The molecule has 0 saturated heterocycles. The minimum absolute atomic E-state index is 0.208. The Labute approximate surface area is 117 Å². The van der Waals surface area contributed by atoms with E-state index >= 15 is 0 Å². The molecule has 0 aliphatic carbocycles. The lowest BCUT2D eigenvalue weighted by Crippen LogP contribution is -2.34. The molecule has 20 heavy (non-hydrogen) atoms. The van der Waals surface area contributed by atoms with Gasteiger partial charge in [-0.25, -0.2) is 0 Å². The maximum absolute atomic E-state index is 12.1. The Hall–Kier alpha value is -1.99. The number of rotatable bonds is 7. The fourth-order valence-electron chi connectivity index (χ4n) is 1.63. The summed E-state index contributed by atoms with van der Waals surface area (Å²) in [4.78, 5) is 12.1. The van der Waals surface area contributed by atoms with E-state index in [1.54, 1.807) is 0 Å². The van der Waals surface area contributed by atoms with E-state index in [1.807, 2.05) is 0 Å². The van der Waals surface area contributed by atoms with Crippen LogP contribution in [0.1, 0.15) is 10.4 Å². The molecule has 0 aliphatic rings. The number of benzene rings is 1. The molecule has 0 atom stereocenters. The number of hydrogen-bond donors (Lipinski definition) is 2. The normalized spacial score (nSPS) is 10.4. The molecule has 1 rings (SSSR count). The Bertz CT molecular complexity index is 460. The molecule has 0 aliphatic heterocycles. The van der Waals surface area contributed by atoms with Crippen LogP contribution in [0.3, 0.4) is 0 Å². The van der Waals surface area contributed by atoms with E-state index < -0.39 is 6.29 Å². The summed E-state index contributed by atoms with van der Waals surface area (Å²) in [5.74, 6) is 0.553. The number of carbonyl (C=O) groups is 1. The number of methoxy groups -OCH3 is 4. The van der Waals surface area contributed by atoms with Crippen LogP contribution in [0.4, 0.5) is 5.69 Å². The fraction of sp³-hybridized carbons (Fsp3) is 0.462. The molecule has 1 aromatic carbocycles. The fourth-order valence-corrected chi connectivity index (χ4v) is 1.63. The molecule has 112 valence electrons. The zero-order chi connectivity index (χ0) is 15.1. The first-order valence-electron chi connectivity index (χ1n) is 5.92. The van der Waals surface area contributed by atoms with E-state index in [1.165, 1.54) is 40.6 Å². The number of carbonyl (C=O) groups excluding carboxylic acids is 1. The molecule has 0 saturated carbocycles. The topological polar surface area (TPSA) is 92.0 Å². The van der Waals surface area contributed by atoms with Crippen molar-refractivity contribution in [3.05, 3.63) is 17.7 Å². The van der Waals surface area contributed by atoms with Crippen LogP contribution in [0.5, 0.6) is 11.5 Å². The second-order valence-corrected chi connectivity index (χ2v) is 3.91. The van der Waals surface area contributed by atoms with E-state index in [4.69, 9.17) is 24.7 Å². The Kier molecular flexibility index (Phi) is 6.08. The summed E-state index contributed by atoms with van der Waals surface area (Å²) in [6.07, 6.45) is -0.514. The van der Waals surface area contributed by atoms with Crippen LogP contribution in [0.2, 0.25) is 0 Å². The zero-order valence-electron chi connectivity index (χ0n) is 12.1. The summed E-state index contributed by atoms with van der Waals surface area (Å²) in [6, 6.07) is 3.07. The van der Waals surface area contributed by atoms with Gasteiger partial charge >= 0.3 is 0 Å². The van der Waals surface area contributed by atoms with Crippen molar-refractivity contribution < 1.29 is 23.7 Å². The molecule has 0 fully saturated rings. The molecule has 0 bridgehead atoms. The first-order chi connectivity index (χ1) is 9.57. The number of amides is 1. The Morgan fingerprint density at radius 3 is 2.20 bits per heavy atom. The van der Waals surface area contributed by atoms with Crippen molar-refractivity contribution in [2.45, 2.75) is 6.29 Å². The number of ether oxygens (including phenoxy) is 4. The van der Waals surface area contributed by atoms with Gasteiger partial charge in [-0.2, -0.15) is 0 Å². The summed E-state index contributed by atoms with van der Waals surface area (Å²) in [7, 11) is 5.97. The maximum Gasteiger partial charge on any atom is 0.253 e. The van der Waals surface area contributed by atoms with Gasteiger partial charge in [0.25, 0.3) is 5.91 Å². The molecule has 0 aromatic heterocycles. The van der Waals surface area contributed by atoms with Crippen molar-refractivity contribution in [1.82, 2.24) is 5.32 Å². The van der Waals surface area contributed by atoms with Crippen molar-refractivity contribution in [2.75, 3.05) is 40.7 Å². The van der Waals surface area contributed by atoms with Crippen LogP contribution in [0.25, 0.3) is 0 Å². The molecule has 0 heterocycles. The third kappa shape index (κ3) is 3.75. The van der Waals surface area contributed by atoms with Crippen molar-refractivity contribution in [3.8, 4) is 11.5 Å². The van der Waals surface area contributed by atoms with Gasteiger partial charge in [0.1, 0.15) is 0 Å². The molecule has 7 heteroatoms. The van der Waals surface area contributed by atoms with Crippen LogP contribution < -0.4 is 20.5 Å². The highest BCUT2D eigenvalue weighted by molar-refractivity contribution is 6.00. The summed E-state index contributed by atoms with van der Waals surface area (Å²) in [6.45, 7) is 0.208. The number of hydrogen-bond acceptors (Lipinski definition) is 6. The van der Waals surface area contributed by atoms with Gasteiger partial charge in [-0.15, -0.1) is 0 Å². The summed E-state index contributed by atoms with van der Waals surface area (Å²) in [5, 5.41) is 2.67. The van der Waals surface area contributed by atoms with Gasteiger partial charge in [-0.3, -0.25) is 4.79 Å². The van der Waals surface area contributed by atoms with Crippen molar-refractivity contribution in [3.63, 3.8) is 0 Å². The Balaban J connectivity index is 2.87. The van der Waals surface area contributed by atoms with Crippen LogP contribution in [0.15, 0.2) is 12.1 Å². The molecule has 0 unspecified atom stereocenters. The quantitative estimate of drug-likeness (QED) is 0.564. The van der Waals surface area contributed by atoms with Gasteiger partial charge in [0.05, 0.1) is 26.3 Å². The summed E-state index contributed by atoms with van der Waals surface area (Å²) < 4.78 is 20.2.